The summed E-state index contributed by atoms with van der Waals surface area (Å²) in [4.78, 5) is 15.6. The van der Waals surface area contributed by atoms with Gasteiger partial charge < -0.3 is 10.1 Å². The molecule has 0 fully saturated rings. The maximum Gasteiger partial charge on any atom is 0.225 e. The van der Waals surface area contributed by atoms with Gasteiger partial charge >= 0.3 is 0 Å². The number of hydrogen-bond donors (Lipinski definition) is 1. The molecule has 1 heterocycles. The molecule has 0 radical (unpaired) electrons. The number of benzene rings is 1. The number of thiophene rings is 1. The number of rotatable bonds is 8. The first-order valence-corrected chi connectivity index (χ1v) is 8.71. The molecule has 1 aromatic carbocycles. The van der Waals surface area contributed by atoms with Crippen LogP contribution in [-0.2, 0) is 11.3 Å². The smallest absolute Gasteiger partial charge is 0.225 e. The molecule has 0 bridgehead atoms. The summed E-state index contributed by atoms with van der Waals surface area (Å²) in [6.45, 7) is 4.49. The average molecular weight is 353 g/mol. The lowest BCUT2D eigenvalue weighted by molar-refractivity contribution is -0.116. The summed E-state index contributed by atoms with van der Waals surface area (Å²) in [6, 6.07) is 11.3. The van der Waals surface area contributed by atoms with Crippen LogP contribution >= 0.6 is 22.9 Å². The molecule has 0 saturated carbocycles. The fourth-order valence-electron chi connectivity index (χ4n) is 2.23. The van der Waals surface area contributed by atoms with Gasteiger partial charge in [0.1, 0.15) is 5.75 Å². The van der Waals surface area contributed by atoms with E-state index >= 15 is 0 Å². The number of hydrogen-bond acceptors (Lipinski definition) is 4. The highest BCUT2D eigenvalue weighted by atomic mass is 35.5. The molecule has 1 N–H and O–H groups in total. The first-order chi connectivity index (χ1) is 11.1. The van der Waals surface area contributed by atoms with Crippen LogP contribution in [0.4, 0.5) is 5.69 Å². The van der Waals surface area contributed by atoms with Crippen LogP contribution < -0.4 is 10.1 Å². The molecular weight excluding hydrogens is 332 g/mol. The van der Waals surface area contributed by atoms with Crippen LogP contribution in [0.1, 0.15) is 18.2 Å². The van der Waals surface area contributed by atoms with E-state index in [1.807, 2.05) is 36.4 Å². The maximum atomic E-state index is 12.1. The molecule has 1 amide bonds. The van der Waals surface area contributed by atoms with Gasteiger partial charge in [-0.2, -0.15) is 0 Å². The molecule has 0 unspecified atom stereocenters. The fraction of sp³-hybridized carbons (Fsp3) is 0.353. The highest BCUT2D eigenvalue weighted by Gasteiger charge is 2.10. The standard InChI is InChI=1S/C17H21ClN2O2S/c1-3-20(12-13-8-9-16(18)23-13)11-10-17(21)19-14-6-4-5-7-15(14)22-2/h4-9H,3,10-12H2,1-2H3,(H,19,21). The van der Waals surface area contributed by atoms with Gasteiger partial charge in [0, 0.05) is 24.4 Å². The number of halogens is 1. The minimum Gasteiger partial charge on any atom is -0.495 e. The third-order valence-electron chi connectivity index (χ3n) is 3.49. The van der Waals surface area contributed by atoms with E-state index in [1.165, 1.54) is 4.88 Å². The van der Waals surface area contributed by atoms with E-state index in [9.17, 15) is 4.79 Å². The Hall–Kier alpha value is -1.56. The lowest BCUT2D eigenvalue weighted by Gasteiger charge is -2.19. The summed E-state index contributed by atoms with van der Waals surface area (Å²) in [6.07, 6.45) is 0.436. The molecule has 0 aliphatic rings. The van der Waals surface area contributed by atoms with Crippen molar-refractivity contribution >= 4 is 34.5 Å². The van der Waals surface area contributed by atoms with Gasteiger partial charge in [-0.25, -0.2) is 0 Å². The maximum absolute atomic E-state index is 12.1. The second kappa shape index (κ2) is 8.91. The molecule has 6 heteroatoms. The molecule has 4 nitrogen and oxygen atoms in total. The Labute approximate surface area is 146 Å². The Morgan fingerprint density at radius 1 is 1.30 bits per heavy atom. The predicted molar refractivity (Wildman–Crippen MR) is 96.5 cm³/mol. The number of para-hydroxylation sites is 2. The Balaban J connectivity index is 1.84. The van der Waals surface area contributed by atoms with Gasteiger partial charge in [-0.3, -0.25) is 9.69 Å². The summed E-state index contributed by atoms with van der Waals surface area (Å²) in [5.74, 6) is 0.651. The topological polar surface area (TPSA) is 41.6 Å². The summed E-state index contributed by atoms with van der Waals surface area (Å²) >= 11 is 7.54. The number of nitrogens with one attached hydrogen (secondary N) is 1. The van der Waals surface area contributed by atoms with Gasteiger partial charge in [-0.1, -0.05) is 30.7 Å². The number of methoxy groups -OCH3 is 1. The quantitative estimate of drug-likeness (QED) is 0.771. The minimum atomic E-state index is -0.0165. The molecular formula is C17H21ClN2O2S. The number of nitrogens with zero attached hydrogens (tertiary/aromatic N) is 1. The van der Waals surface area contributed by atoms with E-state index in [1.54, 1.807) is 18.4 Å². The van der Waals surface area contributed by atoms with E-state index in [-0.39, 0.29) is 5.91 Å². The second-order valence-electron chi connectivity index (χ2n) is 5.07. The molecule has 0 atom stereocenters. The molecule has 2 aromatic rings. The third kappa shape index (κ3) is 5.53. The van der Waals surface area contributed by atoms with Crippen LogP contribution in [0.5, 0.6) is 5.75 Å². The summed E-state index contributed by atoms with van der Waals surface area (Å²) in [7, 11) is 1.59. The molecule has 0 saturated heterocycles. The number of carbonyl (C=O) groups excluding carboxylic acids is 1. The summed E-state index contributed by atoms with van der Waals surface area (Å²) in [5, 5.41) is 2.90. The van der Waals surface area contributed by atoms with Crippen molar-refractivity contribution in [2.75, 3.05) is 25.5 Å². The zero-order valence-electron chi connectivity index (χ0n) is 13.3. The van der Waals surface area contributed by atoms with Gasteiger partial charge in [-0.15, -0.1) is 11.3 Å². The van der Waals surface area contributed by atoms with Crippen LogP contribution in [-0.4, -0.2) is 31.0 Å². The molecule has 0 spiro atoms. The fourth-order valence-corrected chi connectivity index (χ4v) is 3.36. The van der Waals surface area contributed by atoms with Crippen LogP contribution in [0.25, 0.3) is 0 Å². The molecule has 0 aliphatic carbocycles. The van der Waals surface area contributed by atoms with Gasteiger partial charge in [0.2, 0.25) is 5.91 Å². The number of ether oxygens (including phenoxy) is 1. The van der Waals surface area contributed by atoms with Crippen molar-refractivity contribution in [3.63, 3.8) is 0 Å². The van der Waals surface area contributed by atoms with Crippen LogP contribution in [0, 0.1) is 0 Å². The Morgan fingerprint density at radius 3 is 2.74 bits per heavy atom. The van der Waals surface area contributed by atoms with Crippen LogP contribution in [0.3, 0.4) is 0 Å². The summed E-state index contributed by atoms with van der Waals surface area (Å²) in [5.41, 5.74) is 0.702. The first kappa shape index (κ1) is 17.8. The number of carbonyl (C=O) groups is 1. The van der Waals surface area contributed by atoms with E-state index in [4.69, 9.17) is 16.3 Å². The zero-order valence-corrected chi connectivity index (χ0v) is 14.9. The Kier molecular flexibility index (Phi) is 6.89. The van der Waals surface area contributed by atoms with Crippen molar-refractivity contribution in [1.82, 2.24) is 4.90 Å². The first-order valence-electron chi connectivity index (χ1n) is 7.51. The van der Waals surface area contributed by atoms with E-state index in [0.29, 0.717) is 24.4 Å². The highest BCUT2D eigenvalue weighted by molar-refractivity contribution is 7.16. The normalized spacial score (nSPS) is 10.8. The van der Waals surface area contributed by atoms with Gasteiger partial charge in [-0.05, 0) is 30.8 Å². The van der Waals surface area contributed by atoms with Crippen molar-refractivity contribution < 1.29 is 9.53 Å². The van der Waals surface area contributed by atoms with Crippen molar-refractivity contribution in [2.45, 2.75) is 19.9 Å². The van der Waals surface area contributed by atoms with E-state index < -0.39 is 0 Å². The van der Waals surface area contributed by atoms with Crippen molar-refractivity contribution in [1.29, 1.82) is 0 Å². The minimum absolute atomic E-state index is 0.0165. The lowest BCUT2D eigenvalue weighted by atomic mass is 10.2. The van der Waals surface area contributed by atoms with Crippen LogP contribution in [0.15, 0.2) is 36.4 Å². The average Bonchev–Trinajstić information content (AvgIpc) is 2.97. The largest absolute Gasteiger partial charge is 0.495 e. The Bertz CT molecular complexity index is 645. The number of amides is 1. The summed E-state index contributed by atoms with van der Waals surface area (Å²) < 4.78 is 6.03. The monoisotopic (exact) mass is 352 g/mol. The molecule has 0 aliphatic heterocycles. The van der Waals surface area contributed by atoms with Crippen molar-refractivity contribution in [3.8, 4) is 5.75 Å². The Morgan fingerprint density at radius 2 is 2.09 bits per heavy atom. The molecule has 124 valence electrons. The zero-order chi connectivity index (χ0) is 16.7. The lowest BCUT2D eigenvalue weighted by Crippen LogP contribution is -2.27. The molecule has 2 rings (SSSR count). The van der Waals surface area contributed by atoms with E-state index in [2.05, 4.69) is 17.1 Å². The third-order valence-corrected chi connectivity index (χ3v) is 4.71. The highest BCUT2D eigenvalue weighted by Crippen LogP contribution is 2.24. The van der Waals surface area contributed by atoms with E-state index in [0.717, 1.165) is 17.4 Å². The van der Waals surface area contributed by atoms with Gasteiger partial charge in [0.15, 0.2) is 0 Å². The van der Waals surface area contributed by atoms with Crippen LogP contribution in [0.2, 0.25) is 4.34 Å². The van der Waals surface area contributed by atoms with Crippen molar-refractivity contribution in [2.24, 2.45) is 0 Å². The van der Waals surface area contributed by atoms with Crippen molar-refractivity contribution in [3.05, 3.63) is 45.6 Å². The van der Waals surface area contributed by atoms with Gasteiger partial charge in [0.05, 0.1) is 17.1 Å². The van der Waals surface area contributed by atoms with Gasteiger partial charge in [0.25, 0.3) is 0 Å². The number of anilines is 1. The SMILES string of the molecule is CCN(CCC(=O)Nc1ccccc1OC)Cc1ccc(Cl)s1. The molecule has 1 aromatic heterocycles. The molecule has 23 heavy (non-hydrogen) atoms. The predicted octanol–water partition coefficient (Wildman–Crippen LogP) is 4.26. The second-order valence-corrected chi connectivity index (χ2v) is 6.87.